The number of nitrogens with zero attached hydrogens (tertiary/aromatic N) is 2. The van der Waals surface area contributed by atoms with Gasteiger partial charge < -0.3 is 24.4 Å². The highest BCUT2D eigenvalue weighted by Gasteiger charge is 2.27. The first-order chi connectivity index (χ1) is 17.5. The molecule has 2 aliphatic rings. The Morgan fingerprint density at radius 2 is 2.14 bits per heavy atom. The summed E-state index contributed by atoms with van der Waals surface area (Å²) in [5, 5.41) is 3.44. The molecule has 2 aliphatic heterocycles. The van der Waals surface area contributed by atoms with Crippen molar-refractivity contribution < 1.29 is 19.0 Å². The molecule has 7 heteroatoms. The minimum absolute atomic E-state index is 0.0379. The molecule has 3 heterocycles. The highest BCUT2D eigenvalue weighted by atomic mass is 16.5. The number of ether oxygens (including phenoxy) is 3. The number of hydrogen-bond acceptors (Lipinski definition) is 7. The maximum absolute atomic E-state index is 12.2. The summed E-state index contributed by atoms with van der Waals surface area (Å²) in [6.07, 6.45) is 5.98. The Hall–Kier alpha value is -2.64. The molecule has 0 bridgehead atoms. The number of hydrogen-bond donors (Lipinski definition) is 1. The molecule has 7 nitrogen and oxygen atoms in total. The normalized spacial score (nSPS) is 19.2. The smallest absolute Gasteiger partial charge is 0.306 e. The van der Waals surface area contributed by atoms with E-state index in [1.165, 1.54) is 31.2 Å². The van der Waals surface area contributed by atoms with Crippen LogP contribution in [-0.4, -0.2) is 69.0 Å². The fourth-order valence-electron chi connectivity index (χ4n) is 5.40. The summed E-state index contributed by atoms with van der Waals surface area (Å²) >= 11 is 0. The van der Waals surface area contributed by atoms with E-state index in [4.69, 9.17) is 19.2 Å². The van der Waals surface area contributed by atoms with Crippen LogP contribution in [0.1, 0.15) is 55.3 Å². The standard InChI is InChI=1S/C29H41N3O4/c1-21(20-34-2)36-27-8-4-6-24(16-27)25(17-28(33)35-3)19-32-15-13-22(18-32)9-11-26-12-10-23-7-5-14-30-29(23)31-26/h4,6,8,10,12,16,21-22,25H,5,7,9,11,13-15,17-20H2,1-3H3,(H,30,31)/t21?,22-,25?/m1/s1. The van der Waals surface area contributed by atoms with Crippen molar-refractivity contribution in [3.63, 3.8) is 0 Å². The van der Waals surface area contributed by atoms with Gasteiger partial charge in [0, 0.05) is 38.4 Å². The number of carbonyl (C=O) groups is 1. The third kappa shape index (κ3) is 7.43. The van der Waals surface area contributed by atoms with E-state index in [0.717, 1.165) is 62.6 Å². The molecule has 4 rings (SSSR count). The molecule has 0 aliphatic carbocycles. The molecule has 196 valence electrons. The van der Waals surface area contributed by atoms with Crippen molar-refractivity contribution in [3.05, 3.63) is 53.2 Å². The number of benzene rings is 1. The number of pyridine rings is 1. The fourth-order valence-corrected chi connectivity index (χ4v) is 5.40. The van der Waals surface area contributed by atoms with Crippen molar-refractivity contribution >= 4 is 11.8 Å². The number of fused-ring (bicyclic) bond motifs is 1. The molecule has 1 aromatic heterocycles. The Morgan fingerprint density at radius 1 is 1.25 bits per heavy atom. The van der Waals surface area contributed by atoms with Gasteiger partial charge >= 0.3 is 5.97 Å². The Labute approximate surface area is 215 Å². The Balaban J connectivity index is 1.34. The second kappa shape index (κ2) is 13.1. The molecule has 1 aromatic carbocycles. The zero-order valence-corrected chi connectivity index (χ0v) is 22.0. The maximum Gasteiger partial charge on any atom is 0.306 e. The minimum atomic E-state index is -0.179. The number of rotatable bonds is 12. The number of aromatic nitrogens is 1. The van der Waals surface area contributed by atoms with E-state index in [-0.39, 0.29) is 18.0 Å². The zero-order chi connectivity index (χ0) is 25.3. The van der Waals surface area contributed by atoms with Crippen LogP contribution in [0.2, 0.25) is 0 Å². The first kappa shape index (κ1) is 26.4. The van der Waals surface area contributed by atoms with E-state index < -0.39 is 0 Å². The van der Waals surface area contributed by atoms with E-state index in [1.807, 2.05) is 19.1 Å². The van der Waals surface area contributed by atoms with E-state index in [0.29, 0.717) is 18.9 Å². The lowest BCUT2D eigenvalue weighted by atomic mass is 9.94. The predicted octanol–water partition coefficient (Wildman–Crippen LogP) is 4.45. The molecule has 2 aromatic rings. The van der Waals surface area contributed by atoms with E-state index >= 15 is 0 Å². The molecule has 1 N–H and O–H groups in total. The minimum Gasteiger partial charge on any atom is -0.488 e. The molecular weight excluding hydrogens is 454 g/mol. The monoisotopic (exact) mass is 495 g/mol. The van der Waals surface area contributed by atoms with Crippen LogP contribution < -0.4 is 10.1 Å². The summed E-state index contributed by atoms with van der Waals surface area (Å²) in [5.74, 6) is 2.42. The summed E-state index contributed by atoms with van der Waals surface area (Å²) in [4.78, 5) is 19.6. The summed E-state index contributed by atoms with van der Waals surface area (Å²) in [6.45, 7) is 6.49. The van der Waals surface area contributed by atoms with Crippen LogP contribution in [0, 0.1) is 5.92 Å². The number of methoxy groups -OCH3 is 2. The first-order valence-corrected chi connectivity index (χ1v) is 13.3. The van der Waals surface area contributed by atoms with Gasteiger partial charge in [-0.05, 0) is 80.8 Å². The molecule has 36 heavy (non-hydrogen) atoms. The number of likely N-dealkylation sites (tertiary alicyclic amines) is 1. The van der Waals surface area contributed by atoms with Gasteiger partial charge in [0.05, 0.1) is 20.1 Å². The van der Waals surface area contributed by atoms with Gasteiger partial charge in [-0.15, -0.1) is 0 Å². The summed E-state index contributed by atoms with van der Waals surface area (Å²) in [5.41, 5.74) is 3.64. The van der Waals surface area contributed by atoms with Gasteiger partial charge in [-0.1, -0.05) is 18.2 Å². The largest absolute Gasteiger partial charge is 0.488 e. The lowest BCUT2D eigenvalue weighted by molar-refractivity contribution is -0.141. The van der Waals surface area contributed by atoms with Gasteiger partial charge in [0.1, 0.15) is 17.7 Å². The van der Waals surface area contributed by atoms with Crippen molar-refractivity contribution in [3.8, 4) is 5.75 Å². The van der Waals surface area contributed by atoms with Crippen LogP contribution in [0.25, 0.3) is 0 Å². The molecular formula is C29H41N3O4. The third-order valence-electron chi connectivity index (χ3n) is 7.32. The number of aryl methyl sites for hydroxylation is 2. The SMILES string of the molecule is COCC(C)Oc1cccc(C(CC(=O)OC)CN2CC[C@@H](CCc3ccc4c(n3)NCCC4)C2)c1. The summed E-state index contributed by atoms with van der Waals surface area (Å²) < 4.78 is 16.2. The van der Waals surface area contributed by atoms with E-state index in [2.05, 4.69) is 34.5 Å². The lowest BCUT2D eigenvalue weighted by Crippen LogP contribution is -2.28. The molecule has 0 amide bonds. The third-order valence-corrected chi connectivity index (χ3v) is 7.32. The second-order valence-electron chi connectivity index (χ2n) is 10.2. The summed E-state index contributed by atoms with van der Waals surface area (Å²) in [6, 6.07) is 12.6. The number of carbonyl (C=O) groups excluding carboxylic acids is 1. The van der Waals surface area contributed by atoms with Crippen LogP contribution in [0.5, 0.6) is 5.75 Å². The lowest BCUT2D eigenvalue weighted by Gasteiger charge is -2.24. The maximum atomic E-state index is 12.2. The van der Waals surface area contributed by atoms with Crippen LogP contribution in [0.4, 0.5) is 5.82 Å². The van der Waals surface area contributed by atoms with Gasteiger partial charge in [-0.2, -0.15) is 0 Å². The van der Waals surface area contributed by atoms with E-state index in [1.54, 1.807) is 7.11 Å². The van der Waals surface area contributed by atoms with Crippen molar-refractivity contribution in [2.75, 3.05) is 52.3 Å². The van der Waals surface area contributed by atoms with Crippen molar-refractivity contribution in [2.24, 2.45) is 5.92 Å². The van der Waals surface area contributed by atoms with Crippen molar-refractivity contribution in [2.45, 2.75) is 57.5 Å². The Bertz CT molecular complexity index is 998. The molecule has 1 fully saturated rings. The van der Waals surface area contributed by atoms with Crippen LogP contribution >= 0.6 is 0 Å². The number of nitrogens with one attached hydrogen (secondary N) is 1. The Kier molecular flexibility index (Phi) is 9.59. The highest BCUT2D eigenvalue weighted by Crippen LogP contribution is 2.29. The predicted molar refractivity (Wildman–Crippen MR) is 142 cm³/mol. The number of anilines is 1. The summed E-state index contributed by atoms with van der Waals surface area (Å²) in [7, 11) is 3.13. The highest BCUT2D eigenvalue weighted by molar-refractivity contribution is 5.70. The molecule has 0 spiro atoms. The fraction of sp³-hybridized carbons (Fsp3) is 0.586. The molecule has 0 saturated carbocycles. The molecule has 0 radical (unpaired) electrons. The van der Waals surface area contributed by atoms with Gasteiger partial charge in [0.25, 0.3) is 0 Å². The van der Waals surface area contributed by atoms with Crippen LogP contribution in [0.3, 0.4) is 0 Å². The van der Waals surface area contributed by atoms with Crippen LogP contribution in [0.15, 0.2) is 36.4 Å². The molecule has 3 atom stereocenters. The Morgan fingerprint density at radius 3 is 2.97 bits per heavy atom. The average molecular weight is 496 g/mol. The second-order valence-corrected chi connectivity index (χ2v) is 10.2. The molecule has 2 unspecified atom stereocenters. The van der Waals surface area contributed by atoms with Crippen molar-refractivity contribution in [1.82, 2.24) is 9.88 Å². The number of esters is 1. The van der Waals surface area contributed by atoms with Crippen LogP contribution in [-0.2, 0) is 27.1 Å². The molecule has 1 saturated heterocycles. The van der Waals surface area contributed by atoms with Gasteiger partial charge in [-0.25, -0.2) is 4.98 Å². The van der Waals surface area contributed by atoms with Gasteiger partial charge in [0.2, 0.25) is 0 Å². The van der Waals surface area contributed by atoms with Gasteiger partial charge in [-0.3, -0.25) is 4.79 Å². The van der Waals surface area contributed by atoms with Gasteiger partial charge in [0.15, 0.2) is 0 Å². The quantitative estimate of drug-likeness (QED) is 0.436. The topological polar surface area (TPSA) is 72.9 Å². The van der Waals surface area contributed by atoms with Crippen molar-refractivity contribution in [1.29, 1.82) is 0 Å². The van der Waals surface area contributed by atoms with E-state index in [9.17, 15) is 4.79 Å². The first-order valence-electron chi connectivity index (χ1n) is 13.3. The zero-order valence-electron chi connectivity index (χ0n) is 22.0. The average Bonchev–Trinajstić information content (AvgIpc) is 3.34.